The van der Waals surface area contributed by atoms with Gasteiger partial charge in [-0.2, -0.15) is 18.3 Å². The molecule has 0 fully saturated rings. The van der Waals surface area contributed by atoms with E-state index in [2.05, 4.69) is 15.2 Å². The maximum atomic E-state index is 12.1. The first kappa shape index (κ1) is 10.7. The summed E-state index contributed by atoms with van der Waals surface area (Å²) in [5.74, 6) is 0.540. The fourth-order valence-corrected chi connectivity index (χ4v) is 1.36. The topological polar surface area (TPSA) is 41.6 Å². The van der Waals surface area contributed by atoms with Crippen molar-refractivity contribution >= 4 is 0 Å². The molecule has 2 rings (SSSR count). The second-order valence-electron chi connectivity index (χ2n) is 3.32. The first-order valence-electron chi connectivity index (χ1n) is 4.56. The Morgan fingerprint density at radius 1 is 1.12 bits per heavy atom. The number of aromatic amines is 1. The lowest BCUT2D eigenvalue weighted by Gasteiger charge is -2.06. The molecule has 0 radical (unpaired) electrons. The van der Waals surface area contributed by atoms with E-state index in [4.69, 9.17) is 0 Å². The number of benzene rings is 1. The maximum Gasteiger partial charge on any atom is 0.393 e. The van der Waals surface area contributed by atoms with Crippen molar-refractivity contribution in [2.75, 3.05) is 0 Å². The van der Waals surface area contributed by atoms with Crippen molar-refractivity contribution in [1.82, 2.24) is 15.2 Å². The third-order valence-corrected chi connectivity index (χ3v) is 2.05. The minimum Gasteiger partial charge on any atom is -0.259 e. The molecule has 0 saturated carbocycles. The van der Waals surface area contributed by atoms with E-state index in [9.17, 15) is 13.2 Å². The highest BCUT2D eigenvalue weighted by atomic mass is 19.4. The largest absolute Gasteiger partial charge is 0.393 e. The van der Waals surface area contributed by atoms with Crippen LogP contribution in [0.4, 0.5) is 13.2 Å². The lowest BCUT2D eigenvalue weighted by Crippen LogP contribution is -2.11. The number of halogens is 3. The molecule has 0 atom stereocenters. The molecule has 1 aromatic heterocycles. The summed E-state index contributed by atoms with van der Waals surface area (Å²) in [5.41, 5.74) is 0.944. The van der Waals surface area contributed by atoms with Crippen LogP contribution in [0.25, 0.3) is 11.4 Å². The van der Waals surface area contributed by atoms with E-state index in [1.807, 2.05) is 0 Å². The van der Waals surface area contributed by atoms with Crippen molar-refractivity contribution in [3.05, 3.63) is 36.2 Å². The van der Waals surface area contributed by atoms with Crippen molar-refractivity contribution < 1.29 is 13.2 Å². The van der Waals surface area contributed by atoms with Gasteiger partial charge in [-0.1, -0.05) is 24.3 Å². The summed E-state index contributed by atoms with van der Waals surface area (Å²) in [6, 6.07) is 6.04. The Labute approximate surface area is 89.3 Å². The predicted molar refractivity (Wildman–Crippen MR) is 51.6 cm³/mol. The Balaban J connectivity index is 2.17. The van der Waals surface area contributed by atoms with Crippen LogP contribution in [0.3, 0.4) is 0 Å². The SMILES string of the molecule is FC(F)(F)Cc1ccc(-c2ncn[nH]2)cc1. The van der Waals surface area contributed by atoms with Crippen LogP contribution in [0.15, 0.2) is 30.6 Å². The van der Waals surface area contributed by atoms with Crippen molar-refractivity contribution in [2.24, 2.45) is 0 Å². The summed E-state index contributed by atoms with van der Waals surface area (Å²) in [5, 5.41) is 6.30. The quantitative estimate of drug-likeness (QED) is 0.856. The zero-order valence-corrected chi connectivity index (χ0v) is 8.12. The van der Waals surface area contributed by atoms with Gasteiger partial charge in [0.15, 0.2) is 5.82 Å². The molecule has 2 aromatic rings. The molecule has 6 heteroatoms. The van der Waals surface area contributed by atoms with Crippen molar-refractivity contribution in [3.8, 4) is 11.4 Å². The standard InChI is InChI=1S/C10H8F3N3/c11-10(12,13)5-7-1-3-8(4-2-7)9-14-6-15-16-9/h1-4,6H,5H2,(H,14,15,16). The second kappa shape index (κ2) is 3.96. The Morgan fingerprint density at radius 2 is 1.81 bits per heavy atom. The summed E-state index contributed by atoms with van der Waals surface area (Å²) in [6.45, 7) is 0. The predicted octanol–water partition coefficient (Wildman–Crippen LogP) is 2.58. The average Bonchev–Trinajstić information content (AvgIpc) is 2.69. The van der Waals surface area contributed by atoms with Crippen LogP contribution in [0, 0.1) is 0 Å². The van der Waals surface area contributed by atoms with Gasteiger partial charge in [0.25, 0.3) is 0 Å². The van der Waals surface area contributed by atoms with Gasteiger partial charge in [-0.25, -0.2) is 4.98 Å². The Bertz CT molecular complexity index is 445. The minimum atomic E-state index is -4.17. The highest BCUT2D eigenvalue weighted by Crippen LogP contribution is 2.22. The second-order valence-corrected chi connectivity index (χ2v) is 3.32. The number of nitrogens with zero attached hydrogens (tertiary/aromatic N) is 2. The number of alkyl halides is 3. The van der Waals surface area contributed by atoms with Crippen LogP contribution in [-0.4, -0.2) is 21.4 Å². The van der Waals surface area contributed by atoms with Gasteiger partial charge in [0.05, 0.1) is 6.42 Å². The molecule has 84 valence electrons. The monoisotopic (exact) mass is 227 g/mol. The molecule has 0 bridgehead atoms. The van der Waals surface area contributed by atoms with Gasteiger partial charge in [0.2, 0.25) is 0 Å². The number of aromatic nitrogens is 3. The molecule has 0 spiro atoms. The van der Waals surface area contributed by atoms with Crippen LogP contribution < -0.4 is 0 Å². The Morgan fingerprint density at radius 3 is 2.31 bits per heavy atom. The fraction of sp³-hybridized carbons (Fsp3) is 0.200. The number of rotatable bonds is 2. The maximum absolute atomic E-state index is 12.1. The van der Waals surface area contributed by atoms with E-state index in [0.29, 0.717) is 11.4 Å². The van der Waals surface area contributed by atoms with Crippen LogP contribution in [-0.2, 0) is 6.42 Å². The first-order valence-corrected chi connectivity index (χ1v) is 4.56. The summed E-state index contributed by atoms with van der Waals surface area (Å²) in [7, 11) is 0. The molecule has 0 amide bonds. The number of H-pyrrole nitrogens is 1. The van der Waals surface area contributed by atoms with Gasteiger partial charge in [-0.05, 0) is 5.56 Å². The van der Waals surface area contributed by atoms with Crippen LogP contribution in [0.5, 0.6) is 0 Å². The lowest BCUT2D eigenvalue weighted by atomic mass is 10.1. The van der Waals surface area contributed by atoms with Crippen LogP contribution in [0.2, 0.25) is 0 Å². The molecule has 1 aromatic carbocycles. The molecule has 0 saturated heterocycles. The highest BCUT2D eigenvalue weighted by Gasteiger charge is 2.27. The Hall–Kier alpha value is -1.85. The third-order valence-electron chi connectivity index (χ3n) is 2.05. The zero-order valence-electron chi connectivity index (χ0n) is 8.12. The van der Waals surface area contributed by atoms with Crippen LogP contribution >= 0.6 is 0 Å². The molecular formula is C10H8F3N3. The molecule has 16 heavy (non-hydrogen) atoms. The van der Waals surface area contributed by atoms with Crippen molar-refractivity contribution in [2.45, 2.75) is 12.6 Å². The molecule has 0 aliphatic carbocycles. The average molecular weight is 227 g/mol. The summed E-state index contributed by atoms with van der Waals surface area (Å²) in [4.78, 5) is 3.90. The molecule has 1 heterocycles. The number of hydrogen-bond donors (Lipinski definition) is 1. The van der Waals surface area contributed by atoms with E-state index in [1.54, 1.807) is 12.1 Å². The van der Waals surface area contributed by atoms with Gasteiger partial charge >= 0.3 is 6.18 Å². The fourth-order valence-electron chi connectivity index (χ4n) is 1.36. The summed E-state index contributed by atoms with van der Waals surface area (Å²) >= 11 is 0. The van der Waals surface area contributed by atoms with Gasteiger partial charge in [-0.3, -0.25) is 5.10 Å². The minimum absolute atomic E-state index is 0.232. The molecule has 0 unspecified atom stereocenters. The lowest BCUT2D eigenvalue weighted by molar-refractivity contribution is -0.127. The van der Waals surface area contributed by atoms with Gasteiger partial charge < -0.3 is 0 Å². The normalized spacial score (nSPS) is 11.7. The van der Waals surface area contributed by atoms with E-state index >= 15 is 0 Å². The Kier molecular flexibility index (Phi) is 2.64. The van der Waals surface area contributed by atoms with E-state index in [0.717, 1.165) is 0 Å². The van der Waals surface area contributed by atoms with Gasteiger partial charge in [0, 0.05) is 5.56 Å². The molecule has 3 nitrogen and oxygen atoms in total. The molecular weight excluding hydrogens is 219 g/mol. The van der Waals surface area contributed by atoms with Crippen LogP contribution in [0.1, 0.15) is 5.56 Å². The highest BCUT2D eigenvalue weighted by molar-refractivity contribution is 5.54. The van der Waals surface area contributed by atoms with Gasteiger partial charge in [-0.15, -0.1) is 0 Å². The van der Waals surface area contributed by atoms with E-state index in [1.165, 1.54) is 18.5 Å². The molecule has 0 aliphatic rings. The number of nitrogens with one attached hydrogen (secondary N) is 1. The van der Waals surface area contributed by atoms with Gasteiger partial charge in [0.1, 0.15) is 6.33 Å². The first-order chi connectivity index (χ1) is 7.54. The zero-order chi connectivity index (χ0) is 11.6. The third kappa shape index (κ3) is 2.59. The van der Waals surface area contributed by atoms with Crippen molar-refractivity contribution in [1.29, 1.82) is 0 Å². The number of hydrogen-bond acceptors (Lipinski definition) is 2. The smallest absolute Gasteiger partial charge is 0.259 e. The van der Waals surface area contributed by atoms with Crippen molar-refractivity contribution in [3.63, 3.8) is 0 Å². The van der Waals surface area contributed by atoms with E-state index in [-0.39, 0.29) is 5.56 Å². The molecule has 0 aliphatic heterocycles. The summed E-state index contributed by atoms with van der Waals surface area (Å²) < 4.78 is 36.3. The summed E-state index contributed by atoms with van der Waals surface area (Å²) in [6.07, 6.45) is -3.74. The molecule has 1 N–H and O–H groups in total. The van der Waals surface area contributed by atoms with E-state index < -0.39 is 12.6 Å².